The number of likely N-dealkylation sites (tertiary alicyclic amines) is 1. The second-order valence-corrected chi connectivity index (χ2v) is 5.81. The molecule has 112 valence electrons. The Hall–Kier alpha value is -1.13. The number of halogens is 1. The first-order valence-electron chi connectivity index (χ1n) is 7.51. The van der Waals surface area contributed by atoms with E-state index in [4.69, 9.17) is 5.73 Å². The van der Waals surface area contributed by atoms with Crippen LogP contribution in [0.25, 0.3) is 0 Å². The molecule has 0 aromatic heterocycles. The largest absolute Gasteiger partial charge is 0.508 e. The quantitative estimate of drug-likeness (QED) is 0.891. The fourth-order valence-electron chi connectivity index (χ4n) is 3.30. The molecule has 1 aliphatic heterocycles. The van der Waals surface area contributed by atoms with Gasteiger partial charge in [-0.2, -0.15) is 0 Å². The fraction of sp³-hybridized carbons (Fsp3) is 0.625. The molecule has 0 radical (unpaired) electrons. The Morgan fingerprint density at radius 1 is 1.50 bits per heavy atom. The van der Waals surface area contributed by atoms with Gasteiger partial charge in [-0.3, -0.25) is 4.90 Å². The van der Waals surface area contributed by atoms with Gasteiger partial charge in [-0.25, -0.2) is 4.39 Å². The maximum Gasteiger partial charge on any atom is 0.123 e. The normalized spacial score (nSPS) is 25.6. The van der Waals surface area contributed by atoms with Gasteiger partial charge in [0, 0.05) is 24.2 Å². The Labute approximate surface area is 120 Å². The van der Waals surface area contributed by atoms with Gasteiger partial charge < -0.3 is 10.8 Å². The molecule has 1 heterocycles. The summed E-state index contributed by atoms with van der Waals surface area (Å²) >= 11 is 0. The molecule has 1 saturated heterocycles. The second-order valence-electron chi connectivity index (χ2n) is 5.81. The summed E-state index contributed by atoms with van der Waals surface area (Å²) in [6.45, 7) is 5.80. The third kappa shape index (κ3) is 3.13. The van der Waals surface area contributed by atoms with Gasteiger partial charge in [0.25, 0.3) is 0 Å². The molecule has 3 unspecified atom stereocenters. The molecule has 0 amide bonds. The first-order valence-corrected chi connectivity index (χ1v) is 7.51. The van der Waals surface area contributed by atoms with Crippen LogP contribution in [0.1, 0.15) is 44.7 Å². The maximum absolute atomic E-state index is 13.4. The van der Waals surface area contributed by atoms with E-state index in [1.54, 1.807) is 0 Å². The van der Waals surface area contributed by atoms with Gasteiger partial charge >= 0.3 is 0 Å². The van der Waals surface area contributed by atoms with Crippen LogP contribution in [0.3, 0.4) is 0 Å². The standard InChI is InChI=1S/C16H25FN2O/c1-3-12-6-7-19(14(8-12)10-18)11(2)15-9-13(17)4-5-16(15)20/h4-5,9,11-12,14,20H,3,6-8,10,18H2,1-2H3. The van der Waals surface area contributed by atoms with Crippen LogP contribution in [0.2, 0.25) is 0 Å². The van der Waals surface area contributed by atoms with E-state index in [1.165, 1.54) is 24.6 Å². The van der Waals surface area contributed by atoms with Crippen molar-refractivity contribution in [3.05, 3.63) is 29.6 Å². The van der Waals surface area contributed by atoms with Crippen LogP contribution in [0.5, 0.6) is 5.75 Å². The van der Waals surface area contributed by atoms with Crippen LogP contribution in [-0.4, -0.2) is 29.1 Å². The van der Waals surface area contributed by atoms with Crippen molar-refractivity contribution in [1.29, 1.82) is 0 Å². The molecular weight excluding hydrogens is 255 g/mol. The summed E-state index contributed by atoms with van der Waals surface area (Å²) in [6, 6.07) is 4.44. The highest BCUT2D eigenvalue weighted by Crippen LogP contribution is 2.35. The number of phenols is 1. The van der Waals surface area contributed by atoms with Gasteiger partial charge in [0.2, 0.25) is 0 Å². The van der Waals surface area contributed by atoms with E-state index in [2.05, 4.69) is 11.8 Å². The van der Waals surface area contributed by atoms with E-state index in [0.29, 0.717) is 18.2 Å². The van der Waals surface area contributed by atoms with Gasteiger partial charge in [0.15, 0.2) is 0 Å². The van der Waals surface area contributed by atoms with Crippen molar-refractivity contribution in [1.82, 2.24) is 4.90 Å². The smallest absolute Gasteiger partial charge is 0.123 e. The number of hydrogen-bond acceptors (Lipinski definition) is 3. The lowest BCUT2D eigenvalue weighted by molar-refractivity contribution is 0.0761. The first-order chi connectivity index (χ1) is 9.56. The molecule has 3 atom stereocenters. The minimum Gasteiger partial charge on any atom is -0.508 e. The molecule has 0 spiro atoms. The maximum atomic E-state index is 13.4. The number of phenolic OH excluding ortho intramolecular Hbond substituents is 1. The van der Waals surface area contributed by atoms with Crippen LogP contribution in [0.15, 0.2) is 18.2 Å². The topological polar surface area (TPSA) is 49.5 Å². The molecule has 1 aliphatic rings. The highest BCUT2D eigenvalue weighted by molar-refractivity contribution is 5.35. The predicted octanol–water partition coefficient (Wildman–Crippen LogP) is 3.04. The van der Waals surface area contributed by atoms with E-state index >= 15 is 0 Å². The van der Waals surface area contributed by atoms with E-state index in [1.807, 2.05) is 6.92 Å². The van der Waals surface area contributed by atoms with Gasteiger partial charge in [-0.15, -0.1) is 0 Å². The van der Waals surface area contributed by atoms with E-state index in [-0.39, 0.29) is 17.6 Å². The van der Waals surface area contributed by atoms with Crippen LogP contribution < -0.4 is 5.73 Å². The highest BCUT2D eigenvalue weighted by atomic mass is 19.1. The molecule has 3 N–H and O–H groups in total. The molecule has 1 fully saturated rings. The van der Waals surface area contributed by atoms with Gasteiger partial charge in [0.1, 0.15) is 11.6 Å². The van der Waals surface area contributed by atoms with E-state index < -0.39 is 0 Å². The summed E-state index contributed by atoms with van der Waals surface area (Å²) in [5, 5.41) is 9.97. The van der Waals surface area contributed by atoms with Crippen molar-refractivity contribution in [3.8, 4) is 5.75 Å². The summed E-state index contributed by atoms with van der Waals surface area (Å²) in [7, 11) is 0. The number of nitrogens with zero attached hydrogens (tertiary/aromatic N) is 1. The third-order valence-corrected chi connectivity index (χ3v) is 4.66. The summed E-state index contributed by atoms with van der Waals surface area (Å²) in [6.07, 6.45) is 3.42. The Morgan fingerprint density at radius 2 is 2.25 bits per heavy atom. The molecule has 0 aliphatic carbocycles. The lowest BCUT2D eigenvalue weighted by Gasteiger charge is -2.42. The zero-order valence-electron chi connectivity index (χ0n) is 12.3. The van der Waals surface area contributed by atoms with Crippen molar-refractivity contribution in [2.24, 2.45) is 11.7 Å². The molecular formula is C16H25FN2O. The number of nitrogens with two attached hydrogens (primary N) is 1. The SMILES string of the molecule is CCC1CCN(C(C)c2cc(F)ccc2O)C(CN)C1. The number of aromatic hydroxyl groups is 1. The monoisotopic (exact) mass is 280 g/mol. The Morgan fingerprint density at radius 3 is 2.90 bits per heavy atom. The van der Waals surface area contributed by atoms with Crippen LogP contribution in [0, 0.1) is 11.7 Å². The van der Waals surface area contributed by atoms with Crippen molar-refractivity contribution >= 4 is 0 Å². The molecule has 0 bridgehead atoms. The molecule has 20 heavy (non-hydrogen) atoms. The fourth-order valence-corrected chi connectivity index (χ4v) is 3.30. The number of hydrogen-bond donors (Lipinski definition) is 2. The molecule has 1 aromatic rings. The van der Waals surface area contributed by atoms with Crippen LogP contribution in [-0.2, 0) is 0 Å². The van der Waals surface area contributed by atoms with Crippen molar-refractivity contribution in [3.63, 3.8) is 0 Å². The van der Waals surface area contributed by atoms with E-state index in [0.717, 1.165) is 25.3 Å². The Balaban J connectivity index is 2.19. The summed E-state index contributed by atoms with van der Waals surface area (Å²) in [5.41, 5.74) is 6.57. The summed E-state index contributed by atoms with van der Waals surface area (Å²) < 4.78 is 13.4. The van der Waals surface area contributed by atoms with Gasteiger partial charge in [0.05, 0.1) is 0 Å². The lowest BCUT2D eigenvalue weighted by atomic mass is 9.87. The number of rotatable bonds is 4. The average Bonchev–Trinajstić information content (AvgIpc) is 2.48. The number of benzene rings is 1. The van der Waals surface area contributed by atoms with Gasteiger partial charge in [-0.05, 0) is 50.4 Å². The Bertz CT molecular complexity index is 452. The van der Waals surface area contributed by atoms with E-state index in [9.17, 15) is 9.50 Å². The van der Waals surface area contributed by atoms with Crippen LogP contribution >= 0.6 is 0 Å². The molecule has 4 heteroatoms. The molecule has 3 nitrogen and oxygen atoms in total. The van der Waals surface area contributed by atoms with Crippen molar-refractivity contribution < 1.29 is 9.50 Å². The molecule has 2 rings (SSSR count). The zero-order chi connectivity index (χ0) is 14.7. The van der Waals surface area contributed by atoms with Crippen LogP contribution in [0.4, 0.5) is 4.39 Å². The first kappa shape index (κ1) is 15.3. The minimum absolute atomic E-state index is 0.0166. The zero-order valence-corrected chi connectivity index (χ0v) is 12.3. The average molecular weight is 280 g/mol. The molecule has 0 saturated carbocycles. The van der Waals surface area contributed by atoms with Crippen molar-refractivity contribution in [2.45, 2.75) is 45.2 Å². The number of piperidine rings is 1. The summed E-state index contributed by atoms with van der Waals surface area (Å²) in [4.78, 5) is 2.31. The molecule has 1 aromatic carbocycles. The lowest BCUT2D eigenvalue weighted by Crippen LogP contribution is -2.47. The van der Waals surface area contributed by atoms with Crippen molar-refractivity contribution in [2.75, 3.05) is 13.1 Å². The summed E-state index contributed by atoms with van der Waals surface area (Å²) in [5.74, 6) is 0.581. The Kier molecular flexibility index (Phi) is 5.00. The van der Waals surface area contributed by atoms with Gasteiger partial charge in [-0.1, -0.05) is 13.3 Å². The third-order valence-electron chi connectivity index (χ3n) is 4.66. The predicted molar refractivity (Wildman–Crippen MR) is 79.0 cm³/mol. The second kappa shape index (κ2) is 6.55. The minimum atomic E-state index is -0.308. The highest BCUT2D eigenvalue weighted by Gasteiger charge is 2.31.